The molecule has 0 aromatic rings. The van der Waals surface area contributed by atoms with E-state index in [1.807, 2.05) is 0 Å². The van der Waals surface area contributed by atoms with Gasteiger partial charge < -0.3 is 14.9 Å². The predicted octanol–water partition coefficient (Wildman–Crippen LogP) is -1.12. The fourth-order valence-corrected chi connectivity index (χ4v) is 0.490. The molecule has 0 aliphatic heterocycles. The Morgan fingerprint density at radius 2 is 1.58 bits per heavy atom. The van der Waals surface area contributed by atoms with Gasteiger partial charge >= 0.3 is 65.4 Å². The summed E-state index contributed by atoms with van der Waals surface area (Å²) in [6.45, 7) is 0.0849. The van der Waals surface area contributed by atoms with E-state index in [2.05, 4.69) is 4.31 Å². The van der Waals surface area contributed by atoms with Crippen LogP contribution in [0.1, 0.15) is 0 Å². The van der Waals surface area contributed by atoms with Crippen LogP contribution < -0.4 is 9.79 Å². The first-order valence-corrected chi connectivity index (χ1v) is 4.90. The minimum absolute atomic E-state index is 0. The van der Waals surface area contributed by atoms with Crippen molar-refractivity contribution in [3.05, 3.63) is 0 Å². The Kier molecular flexibility index (Phi) is 24.9. The Balaban J connectivity index is -0.000000142. The summed E-state index contributed by atoms with van der Waals surface area (Å²) in [5.41, 5.74) is 0. The van der Waals surface area contributed by atoms with Crippen molar-refractivity contribution < 1.29 is 28.3 Å². The minimum atomic E-state index is -3.24. The third-order valence-corrected chi connectivity index (χ3v) is 1.45. The molecule has 6 nitrogen and oxygen atoms in total. The second-order valence-electron chi connectivity index (χ2n) is 0.941. The zero-order chi connectivity index (χ0) is 9.28. The van der Waals surface area contributed by atoms with E-state index in [1.54, 1.807) is 0 Å². The molecule has 0 spiro atoms. The van der Waals surface area contributed by atoms with Crippen LogP contribution >= 0.6 is 28.1 Å². The number of hydrogen-bond donors (Lipinski definition) is 1. The molecule has 0 saturated carbocycles. The minimum Gasteiger partial charge on any atom is -0.563 e. The van der Waals surface area contributed by atoms with E-state index in [9.17, 15) is 18.9 Å². The average molecular weight is 360 g/mol. The summed E-state index contributed by atoms with van der Waals surface area (Å²) >= 11 is 4.94. The quantitative estimate of drug-likeness (QED) is 0.388. The smallest absolute Gasteiger partial charge is 0.563 e. The molecule has 0 fully saturated rings. The first-order valence-electron chi connectivity index (χ1n) is 2.18. The molecule has 0 heterocycles. The van der Waals surface area contributed by atoms with Gasteiger partial charge in [-0.05, 0) is 9.13 Å². The van der Waals surface area contributed by atoms with E-state index in [4.69, 9.17) is 16.7 Å². The van der Waals surface area contributed by atoms with Crippen molar-refractivity contribution in [3.8, 4) is 0 Å². The van der Waals surface area contributed by atoms with Crippen molar-refractivity contribution in [1.82, 2.24) is 0 Å². The van der Waals surface area contributed by atoms with Crippen LogP contribution in [0.4, 0.5) is 0 Å². The summed E-state index contributed by atoms with van der Waals surface area (Å²) in [5.74, 6) is 0.347. The normalized spacial score (nSPS) is 10.3. The Morgan fingerprint density at radius 3 is 1.58 bits per heavy atom. The van der Waals surface area contributed by atoms with Crippen molar-refractivity contribution >= 4 is 77.0 Å². The number of alkyl halides is 1. The van der Waals surface area contributed by atoms with Crippen LogP contribution in [0, 0.1) is 0 Å². The molecule has 2 atom stereocenters. The summed E-state index contributed by atoms with van der Waals surface area (Å²) in [7, 11) is -6.47. The average Bonchev–Trinajstić information content (AvgIpc) is 1.85. The number of aliphatic hydroxyl groups is 1. The molecule has 0 radical (unpaired) electrons. The molecule has 0 amide bonds. The third kappa shape index (κ3) is 29.7. The molecular formula is C2H5BaClO6P2+2. The summed E-state index contributed by atoms with van der Waals surface area (Å²) in [5, 5.41) is 7.74. The van der Waals surface area contributed by atoms with Crippen LogP contribution in [0.3, 0.4) is 0 Å². The van der Waals surface area contributed by atoms with Gasteiger partial charge in [0.05, 0.1) is 6.61 Å². The molecular weight excluding hydrogens is 355 g/mol. The van der Waals surface area contributed by atoms with Crippen molar-refractivity contribution in [2.75, 3.05) is 12.5 Å². The van der Waals surface area contributed by atoms with Crippen LogP contribution in [0.25, 0.3) is 0 Å². The fourth-order valence-electron chi connectivity index (χ4n) is 0.0544. The summed E-state index contributed by atoms with van der Waals surface area (Å²) in [4.78, 5) is 18.5. The van der Waals surface area contributed by atoms with E-state index in [-0.39, 0.29) is 55.5 Å². The van der Waals surface area contributed by atoms with Crippen LogP contribution in [0.2, 0.25) is 0 Å². The van der Waals surface area contributed by atoms with Gasteiger partial charge in [-0.1, -0.05) is 0 Å². The molecule has 0 saturated heterocycles. The van der Waals surface area contributed by atoms with E-state index in [1.165, 1.54) is 0 Å². The molecule has 0 rings (SSSR count). The topological polar surface area (TPSA) is 110 Å². The number of rotatable bonds is 3. The maximum absolute atomic E-state index is 9.24. The van der Waals surface area contributed by atoms with Crippen molar-refractivity contribution in [3.63, 3.8) is 0 Å². The molecule has 0 aliphatic carbocycles. The summed E-state index contributed by atoms with van der Waals surface area (Å²) in [6, 6.07) is 0. The number of aliphatic hydroxyl groups excluding tert-OH is 1. The van der Waals surface area contributed by atoms with Gasteiger partial charge in [-0.25, -0.2) is 0 Å². The predicted molar refractivity (Wildman–Crippen MR) is 39.9 cm³/mol. The Bertz CT molecular complexity index is 119. The largest absolute Gasteiger partial charge is 2.00 e. The molecule has 0 aliphatic rings. The zero-order valence-electron chi connectivity index (χ0n) is 5.88. The standard InChI is InChI=1S/C2H5ClO.Ba.O5P2/c3-1-2-4;;1-6(2)5-7(3)4/h4H,1-2H2;;/q;+2;. The molecule has 0 bridgehead atoms. The van der Waals surface area contributed by atoms with Crippen LogP contribution in [-0.2, 0) is 13.4 Å². The van der Waals surface area contributed by atoms with E-state index in [0.717, 1.165) is 0 Å². The molecule has 12 heavy (non-hydrogen) atoms. The number of halogens is 1. The Labute approximate surface area is 116 Å². The first-order chi connectivity index (χ1) is 5.04. The van der Waals surface area contributed by atoms with Gasteiger partial charge in [0.2, 0.25) is 0 Å². The van der Waals surface area contributed by atoms with Crippen molar-refractivity contribution in [2.45, 2.75) is 0 Å². The van der Waals surface area contributed by atoms with Gasteiger partial charge in [0.1, 0.15) is 4.31 Å². The van der Waals surface area contributed by atoms with E-state index >= 15 is 0 Å². The summed E-state index contributed by atoms with van der Waals surface area (Å²) < 4.78 is 21.6. The van der Waals surface area contributed by atoms with Gasteiger partial charge in [0.15, 0.2) is 0 Å². The molecule has 1 N–H and O–H groups in total. The second kappa shape index (κ2) is 15.4. The van der Waals surface area contributed by atoms with Crippen molar-refractivity contribution in [2.24, 2.45) is 0 Å². The van der Waals surface area contributed by atoms with Gasteiger partial charge in [-0.3, -0.25) is 0 Å². The molecule has 0 aromatic carbocycles. The summed E-state index contributed by atoms with van der Waals surface area (Å²) in [6.07, 6.45) is 0. The fraction of sp³-hybridized carbons (Fsp3) is 1.00. The Morgan fingerprint density at radius 1 is 1.33 bits per heavy atom. The maximum Gasteiger partial charge on any atom is 2.00 e. The Hall–Kier alpha value is 1.90. The third-order valence-electron chi connectivity index (χ3n) is 0.218. The van der Waals surface area contributed by atoms with E-state index in [0.29, 0.717) is 5.88 Å². The van der Waals surface area contributed by atoms with E-state index < -0.39 is 16.5 Å². The van der Waals surface area contributed by atoms with Gasteiger partial charge in [-0.15, -0.1) is 11.6 Å². The molecule has 66 valence electrons. The first kappa shape index (κ1) is 19.5. The maximum atomic E-state index is 9.24. The SMILES string of the molecule is O=[P+]([O-])O[P+](=O)[O-].OCCCl.[Ba+2]. The van der Waals surface area contributed by atoms with Crippen LogP contribution in [0.5, 0.6) is 0 Å². The van der Waals surface area contributed by atoms with Crippen LogP contribution in [0.15, 0.2) is 0 Å². The second-order valence-corrected chi connectivity index (χ2v) is 2.87. The molecule has 0 aromatic heterocycles. The monoisotopic (exact) mass is 360 g/mol. The zero-order valence-corrected chi connectivity index (χ0v) is 12.9. The van der Waals surface area contributed by atoms with Gasteiger partial charge in [0, 0.05) is 5.88 Å². The number of hydrogen-bond acceptors (Lipinski definition) is 6. The van der Waals surface area contributed by atoms with Crippen molar-refractivity contribution in [1.29, 1.82) is 0 Å². The van der Waals surface area contributed by atoms with Gasteiger partial charge in [-0.2, -0.15) is 0 Å². The molecule has 2 unspecified atom stereocenters. The van der Waals surface area contributed by atoms with Gasteiger partial charge in [0.25, 0.3) is 0 Å². The molecule has 10 heteroatoms. The van der Waals surface area contributed by atoms with Crippen LogP contribution in [-0.4, -0.2) is 66.5 Å².